The average molecular weight is 191 g/mol. The Labute approximate surface area is 87.3 Å². The van der Waals surface area contributed by atoms with Crippen molar-refractivity contribution in [3.63, 3.8) is 0 Å². The van der Waals surface area contributed by atoms with Gasteiger partial charge in [0.15, 0.2) is 0 Å². The number of rotatable bonds is 4. The molecule has 0 fully saturated rings. The number of nitrogens with two attached hydrogens (primary N) is 1. The van der Waals surface area contributed by atoms with Gasteiger partial charge in [-0.1, -0.05) is 45.0 Å². The highest BCUT2D eigenvalue weighted by Gasteiger charge is 2.07. The van der Waals surface area contributed by atoms with Crippen LogP contribution in [0.15, 0.2) is 24.3 Å². The van der Waals surface area contributed by atoms with Gasteiger partial charge in [-0.2, -0.15) is 0 Å². The van der Waals surface area contributed by atoms with Crippen molar-refractivity contribution >= 4 is 0 Å². The summed E-state index contributed by atoms with van der Waals surface area (Å²) in [5, 5.41) is 0. The third-order valence-electron chi connectivity index (χ3n) is 2.51. The van der Waals surface area contributed by atoms with Crippen molar-refractivity contribution in [1.82, 2.24) is 0 Å². The van der Waals surface area contributed by atoms with Crippen LogP contribution in [0.4, 0.5) is 0 Å². The van der Waals surface area contributed by atoms with Gasteiger partial charge in [0, 0.05) is 6.04 Å². The topological polar surface area (TPSA) is 26.0 Å². The second kappa shape index (κ2) is 5.16. The molecule has 1 nitrogen and oxygen atoms in total. The molecule has 1 atom stereocenters. The van der Waals surface area contributed by atoms with Crippen LogP contribution in [0, 0.1) is 5.92 Å². The maximum Gasteiger partial charge on any atom is 0.0297 e. The third-order valence-corrected chi connectivity index (χ3v) is 2.51. The van der Waals surface area contributed by atoms with Gasteiger partial charge in [-0.3, -0.25) is 0 Å². The molecule has 1 aromatic carbocycles. The molecule has 0 saturated carbocycles. The van der Waals surface area contributed by atoms with Gasteiger partial charge in [0.05, 0.1) is 0 Å². The molecule has 0 spiro atoms. The summed E-state index contributed by atoms with van der Waals surface area (Å²) >= 11 is 0. The molecule has 0 aromatic heterocycles. The highest BCUT2D eigenvalue weighted by atomic mass is 14.6. The molecule has 78 valence electrons. The summed E-state index contributed by atoms with van der Waals surface area (Å²) in [6, 6.07) is 8.82. The highest BCUT2D eigenvalue weighted by Crippen LogP contribution is 2.19. The van der Waals surface area contributed by atoms with E-state index < -0.39 is 0 Å². The molecule has 0 heterocycles. The van der Waals surface area contributed by atoms with Crippen LogP contribution in [0.25, 0.3) is 0 Å². The largest absolute Gasteiger partial charge is 0.324 e. The summed E-state index contributed by atoms with van der Waals surface area (Å²) in [6.07, 6.45) is 2.15. The molecule has 0 aliphatic carbocycles. The van der Waals surface area contributed by atoms with Gasteiger partial charge in [0.1, 0.15) is 0 Å². The summed E-state index contributed by atoms with van der Waals surface area (Å²) in [4.78, 5) is 0. The van der Waals surface area contributed by atoms with E-state index in [2.05, 4.69) is 45.0 Å². The summed E-state index contributed by atoms with van der Waals surface area (Å²) in [7, 11) is 0. The summed E-state index contributed by atoms with van der Waals surface area (Å²) in [6.45, 7) is 6.60. The lowest BCUT2D eigenvalue weighted by Gasteiger charge is -2.15. The van der Waals surface area contributed by atoms with E-state index in [1.165, 1.54) is 11.1 Å². The van der Waals surface area contributed by atoms with Crippen LogP contribution < -0.4 is 5.73 Å². The fourth-order valence-corrected chi connectivity index (χ4v) is 1.69. The van der Waals surface area contributed by atoms with E-state index in [0.29, 0.717) is 5.92 Å². The van der Waals surface area contributed by atoms with Crippen LogP contribution in [0.2, 0.25) is 0 Å². The Morgan fingerprint density at radius 1 is 1.29 bits per heavy atom. The minimum absolute atomic E-state index is 0.196. The first-order valence-electron chi connectivity index (χ1n) is 5.48. The van der Waals surface area contributed by atoms with E-state index in [-0.39, 0.29) is 6.04 Å². The van der Waals surface area contributed by atoms with Gasteiger partial charge in [-0.25, -0.2) is 0 Å². The van der Waals surface area contributed by atoms with Crippen molar-refractivity contribution in [1.29, 1.82) is 0 Å². The van der Waals surface area contributed by atoms with E-state index in [1.807, 2.05) is 0 Å². The van der Waals surface area contributed by atoms with Crippen molar-refractivity contribution in [2.45, 2.75) is 39.7 Å². The van der Waals surface area contributed by atoms with Crippen LogP contribution >= 0.6 is 0 Å². The lowest BCUT2D eigenvalue weighted by Crippen LogP contribution is -2.13. The predicted octanol–water partition coefficient (Wildman–Crippen LogP) is 3.29. The van der Waals surface area contributed by atoms with Gasteiger partial charge in [-0.15, -0.1) is 0 Å². The molecular weight excluding hydrogens is 170 g/mol. The fraction of sp³-hybridized carbons (Fsp3) is 0.538. The summed E-state index contributed by atoms with van der Waals surface area (Å²) < 4.78 is 0. The van der Waals surface area contributed by atoms with E-state index >= 15 is 0 Å². The Hall–Kier alpha value is -0.820. The molecule has 0 aliphatic heterocycles. The number of benzene rings is 1. The zero-order valence-corrected chi connectivity index (χ0v) is 9.46. The minimum Gasteiger partial charge on any atom is -0.324 e. The maximum absolute atomic E-state index is 6.12. The lowest BCUT2D eigenvalue weighted by atomic mass is 9.96. The zero-order valence-electron chi connectivity index (χ0n) is 9.46. The van der Waals surface area contributed by atoms with Gasteiger partial charge < -0.3 is 5.73 Å². The molecule has 0 aliphatic rings. The second-order valence-corrected chi connectivity index (χ2v) is 4.33. The monoisotopic (exact) mass is 191 g/mol. The third kappa shape index (κ3) is 3.15. The molecule has 0 amide bonds. The normalized spacial score (nSPS) is 13.2. The number of aryl methyl sites for hydroxylation is 1. The molecule has 1 aromatic rings. The van der Waals surface area contributed by atoms with Gasteiger partial charge in [0.25, 0.3) is 0 Å². The number of hydrogen-bond acceptors (Lipinski definition) is 1. The van der Waals surface area contributed by atoms with Gasteiger partial charge >= 0.3 is 0 Å². The SMILES string of the molecule is CCc1cccc(C(N)CC(C)C)c1. The Morgan fingerprint density at radius 2 is 2.00 bits per heavy atom. The van der Waals surface area contributed by atoms with Crippen LogP contribution in [0.5, 0.6) is 0 Å². The van der Waals surface area contributed by atoms with E-state index in [0.717, 1.165) is 12.8 Å². The maximum atomic E-state index is 6.12. The first-order valence-corrected chi connectivity index (χ1v) is 5.48. The molecule has 1 heteroatoms. The molecule has 0 radical (unpaired) electrons. The molecular formula is C13H21N. The molecule has 1 rings (SSSR count). The van der Waals surface area contributed by atoms with Crippen LogP contribution in [0.3, 0.4) is 0 Å². The highest BCUT2D eigenvalue weighted by molar-refractivity contribution is 5.25. The smallest absolute Gasteiger partial charge is 0.0297 e. The van der Waals surface area contributed by atoms with E-state index in [4.69, 9.17) is 5.73 Å². The van der Waals surface area contributed by atoms with Crippen molar-refractivity contribution < 1.29 is 0 Å². The van der Waals surface area contributed by atoms with E-state index in [1.54, 1.807) is 0 Å². The zero-order chi connectivity index (χ0) is 10.6. The van der Waals surface area contributed by atoms with Crippen molar-refractivity contribution in [3.8, 4) is 0 Å². The molecule has 14 heavy (non-hydrogen) atoms. The van der Waals surface area contributed by atoms with Gasteiger partial charge in [0.2, 0.25) is 0 Å². The van der Waals surface area contributed by atoms with Crippen LogP contribution in [0.1, 0.15) is 44.4 Å². The molecule has 0 saturated heterocycles. The van der Waals surface area contributed by atoms with Crippen molar-refractivity contribution in [2.75, 3.05) is 0 Å². The Morgan fingerprint density at radius 3 is 2.57 bits per heavy atom. The Kier molecular flexibility index (Phi) is 4.15. The van der Waals surface area contributed by atoms with Crippen molar-refractivity contribution in [2.24, 2.45) is 11.7 Å². The van der Waals surface area contributed by atoms with Crippen molar-refractivity contribution in [3.05, 3.63) is 35.4 Å². The van der Waals surface area contributed by atoms with E-state index in [9.17, 15) is 0 Å². The summed E-state index contributed by atoms with van der Waals surface area (Å²) in [5.74, 6) is 0.662. The second-order valence-electron chi connectivity index (χ2n) is 4.33. The van der Waals surface area contributed by atoms with Crippen LogP contribution in [-0.4, -0.2) is 0 Å². The molecule has 1 unspecified atom stereocenters. The first-order chi connectivity index (χ1) is 6.63. The Bertz CT molecular complexity index is 278. The predicted molar refractivity (Wildman–Crippen MR) is 62.2 cm³/mol. The van der Waals surface area contributed by atoms with Gasteiger partial charge in [-0.05, 0) is 29.9 Å². The minimum atomic E-state index is 0.196. The van der Waals surface area contributed by atoms with Crippen LogP contribution in [-0.2, 0) is 6.42 Å². The molecule has 0 bridgehead atoms. The Balaban J connectivity index is 2.73. The standard InChI is InChI=1S/C13H21N/c1-4-11-6-5-7-12(9-11)13(14)8-10(2)3/h5-7,9-10,13H,4,8,14H2,1-3H3. The lowest BCUT2D eigenvalue weighted by molar-refractivity contribution is 0.510. The fourth-order valence-electron chi connectivity index (χ4n) is 1.69. The molecule has 2 N–H and O–H groups in total. The first kappa shape index (κ1) is 11.3. The summed E-state index contributed by atoms with van der Waals surface area (Å²) in [5.41, 5.74) is 8.77. The number of hydrogen-bond donors (Lipinski definition) is 1. The quantitative estimate of drug-likeness (QED) is 0.776. The average Bonchev–Trinajstić information content (AvgIpc) is 2.17.